The van der Waals surface area contributed by atoms with E-state index in [-0.39, 0.29) is 6.04 Å². The van der Waals surface area contributed by atoms with E-state index >= 15 is 0 Å². The maximum Gasteiger partial charge on any atom is 0.161 e. The summed E-state index contributed by atoms with van der Waals surface area (Å²) in [4.78, 5) is 0. The highest BCUT2D eigenvalue weighted by molar-refractivity contribution is 9.10. The fourth-order valence-electron chi connectivity index (χ4n) is 1.56. The highest BCUT2D eigenvalue weighted by atomic mass is 79.9. The van der Waals surface area contributed by atoms with Gasteiger partial charge in [0.1, 0.15) is 0 Å². The lowest BCUT2D eigenvalue weighted by atomic mass is 10.1. The third-order valence-electron chi connectivity index (χ3n) is 2.62. The van der Waals surface area contributed by atoms with Gasteiger partial charge in [-0.3, -0.25) is 0 Å². The molecule has 0 saturated heterocycles. The van der Waals surface area contributed by atoms with E-state index in [2.05, 4.69) is 34.1 Å². The number of rotatable bonds is 6. The quantitative estimate of drug-likeness (QED) is 0.819. The summed E-state index contributed by atoms with van der Waals surface area (Å²) in [6, 6.07) is 4.15. The van der Waals surface area contributed by atoms with Gasteiger partial charge < -0.3 is 14.8 Å². The van der Waals surface area contributed by atoms with Crippen molar-refractivity contribution in [3.63, 3.8) is 0 Å². The minimum atomic E-state index is 0.287. The Kier molecular flexibility index (Phi) is 6.03. The summed E-state index contributed by atoms with van der Waals surface area (Å²) in [7, 11) is 3.25. The van der Waals surface area contributed by atoms with Crippen LogP contribution >= 0.6 is 15.9 Å². The zero-order valence-electron chi connectivity index (χ0n) is 10.9. The molecule has 0 amide bonds. The van der Waals surface area contributed by atoms with Gasteiger partial charge in [-0.2, -0.15) is 0 Å². The van der Waals surface area contributed by atoms with Gasteiger partial charge in [0, 0.05) is 23.5 Å². The standard InChI is InChI=1S/C14H18BrNO2/c1-5-6-10(2)16-9-11-7-13(17-3)14(18-4)8-12(11)15/h1,7-8,10,16H,6,9H2,2-4H3. The number of methoxy groups -OCH3 is 2. The highest BCUT2D eigenvalue weighted by Gasteiger charge is 2.10. The van der Waals surface area contributed by atoms with E-state index in [0.29, 0.717) is 12.2 Å². The van der Waals surface area contributed by atoms with Crippen molar-refractivity contribution in [1.82, 2.24) is 5.32 Å². The number of terminal acetylenes is 1. The lowest BCUT2D eigenvalue weighted by Gasteiger charge is -2.14. The number of hydrogen-bond acceptors (Lipinski definition) is 3. The van der Waals surface area contributed by atoms with Crippen LogP contribution < -0.4 is 14.8 Å². The minimum absolute atomic E-state index is 0.287. The van der Waals surface area contributed by atoms with Gasteiger partial charge in [0.15, 0.2) is 11.5 Å². The molecule has 3 nitrogen and oxygen atoms in total. The Morgan fingerprint density at radius 1 is 1.33 bits per heavy atom. The van der Waals surface area contributed by atoms with Crippen LogP contribution in [-0.2, 0) is 6.54 Å². The smallest absolute Gasteiger partial charge is 0.161 e. The van der Waals surface area contributed by atoms with Crippen molar-refractivity contribution in [1.29, 1.82) is 0 Å². The predicted molar refractivity (Wildman–Crippen MR) is 77.0 cm³/mol. The number of ether oxygens (including phenoxy) is 2. The summed E-state index contributed by atoms with van der Waals surface area (Å²) in [5.41, 5.74) is 1.11. The van der Waals surface area contributed by atoms with E-state index in [9.17, 15) is 0 Å². The number of hydrogen-bond donors (Lipinski definition) is 1. The Morgan fingerprint density at radius 3 is 2.50 bits per heavy atom. The Morgan fingerprint density at radius 2 is 1.94 bits per heavy atom. The van der Waals surface area contributed by atoms with Crippen LogP contribution in [0.1, 0.15) is 18.9 Å². The van der Waals surface area contributed by atoms with Crippen molar-refractivity contribution in [2.24, 2.45) is 0 Å². The van der Waals surface area contributed by atoms with Crippen molar-refractivity contribution in [2.45, 2.75) is 25.9 Å². The van der Waals surface area contributed by atoms with Crippen LogP contribution in [0.2, 0.25) is 0 Å². The van der Waals surface area contributed by atoms with Crippen molar-refractivity contribution in [2.75, 3.05) is 14.2 Å². The molecule has 1 unspecified atom stereocenters. The van der Waals surface area contributed by atoms with Crippen LogP contribution in [0, 0.1) is 12.3 Å². The van der Waals surface area contributed by atoms with Crippen LogP contribution in [0.4, 0.5) is 0 Å². The van der Waals surface area contributed by atoms with E-state index in [1.165, 1.54) is 0 Å². The summed E-state index contributed by atoms with van der Waals surface area (Å²) in [6.07, 6.45) is 5.99. The molecule has 98 valence electrons. The molecule has 0 aliphatic carbocycles. The van der Waals surface area contributed by atoms with Gasteiger partial charge in [-0.15, -0.1) is 12.3 Å². The van der Waals surface area contributed by atoms with E-state index in [4.69, 9.17) is 15.9 Å². The summed E-state index contributed by atoms with van der Waals surface area (Å²) in [5, 5.41) is 3.36. The average molecular weight is 312 g/mol. The van der Waals surface area contributed by atoms with Gasteiger partial charge in [-0.1, -0.05) is 15.9 Å². The first kappa shape index (κ1) is 14.9. The molecule has 18 heavy (non-hydrogen) atoms. The van der Waals surface area contributed by atoms with Crippen molar-refractivity contribution >= 4 is 15.9 Å². The maximum absolute atomic E-state index is 5.28. The Balaban J connectivity index is 2.80. The Bertz CT molecular complexity index is 440. The fraction of sp³-hybridized carbons (Fsp3) is 0.429. The molecule has 0 fully saturated rings. The SMILES string of the molecule is C#CCC(C)NCc1cc(OC)c(OC)cc1Br. The molecule has 1 aromatic carbocycles. The van der Waals surface area contributed by atoms with E-state index in [0.717, 1.165) is 22.3 Å². The van der Waals surface area contributed by atoms with Gasteiger partial charge in [-0.25, -0.2) is 0 Å². The first-order valence-corrected chi connectivity index (χ1v) is 6.49. The van der Waals surface area contributed by atoms with Crippen LogP contribution in [0.15, 0.2) is 16.6 Å². The van der Waals surface area contributed by atoms with Crippen LogP contribution in [0.3, 0.4) is 0 Å². The second-order valence-electron chi connectivity index (χ2n) is 3.99. The molecule has 4 heteroatoms. The molecule has 0 aliphatic rings. The maximum atomic E-state index is 5.28. The van der Waals surface area contributed by atoms with Crippen molar-refractivity contribution < 1.29 is 9.47 Å². The third kappa shape index (κ3) is 3.94. The van der Waals surface area contributed by atoms with Crippen molar-refractivity contribution in [3.05, 3.63) is 22.2 Å². The monoisotopic (exact) mass is 311 g/mol. The molecule has 1 N–H and O–H groups in total. The highest BCUT2D eigenvalue weighted by Crippen LogP contribution is 2.33. The van der Waals surface area contributed by atoms with Gasteiger partial charge in [-0.05, 0) is 24.6 Å². The van der Waals surface area contributed by atoms with Crippen LogP contribution in [-0.4, -0.2) is 20.3 Å². The molecule has 1 atom stereocenters. The van der Waals surface area contributed by atoms with E-state index in [1.54, 1.807) is 14.2 Å². The normalized spacial score (nSPS) is 11.7. The number of nitrogens with one attached hydrogen (secondary N) is 1. The topological polar surface area (TPSA) is 30.5 Å². The lowest BCUT2D eigenvalue weighted by Crippen LogP contribution is -2.25. The van der Waals surface area contributed by atoms with Gasteiger partial charge >= 0.3 is 0 Å². The van der Waals surface area contributed by atoms with Gasteiger partial charge in [0.05, 0.1) is 14.2 Å². The molecule has 0 heterocycles. The summed E-state index contributed by atoms with van der Waals surface area (Å²) in [5.74, 6) is 4.08. The van der Waals surface area contributed by atoms with Gasteiger partial charge in [0.2, 0.25) is 0 Å². The van der Waals surface area contributed by atoms with Gasteiger partial charge in [0.25, 0.3) is 0 Å². The first-order chi connectivity index (χ1) is 8.62. The van der Waals surface area contributed by atoms with Crippen molar-refractivity contribution in [3.8, 4) is 23.8 Å². The molecule has 0 bridgehead atoms. The second kappa shape index (κ2) is 7.30. The molecular formula is C14H18BrNO2. The zero-order chi connectivity index (χ0) is 13.5. The summed E-state index contributed by atoms with van der Waals surface area (Å²) >= 11 is 3.52. The number of benzene rings is 1. The lowest BCUT2D eigenvalue weighted by molar-refractivity contribution is 0.354. The molecular weight excluding hydrogens is 294 g/mol. The molecule has 0 radical (unpaired) electrons. The molecule has 0 aliphatic heterocycles. The minimum Gasteiger partial charge on any atom is -0.493 e. The molecule has 1 aromatic rings. The van der Waals surface area contributed by atoms with Crippen LogP contribution in [0.5, 0.6) is 11.5 Å². The third-order valence-corrected chi connectivity index (χ3v) is 3.36. The largest absolute Gasteiger partial charge is 0.493 e. The molecule has 0 saturated carbocycles. The summed E-state index contributed by atoms with van der Waals surface area (Å²) in [6.45, 7) is 2.79. The van der Waals surface area contributed by atoms with Crippen LogP contribution in [0.25, 0.3) is 0 Å². The fourth-order valence-corrected chi connectivity index (χ4v) is 2.03. The molecule has 0 aromatic heterocycles. The number of halogens is 1. The van der Waals surface area contributed by atoms with E-state index < -0.39 is 0 Å². The van der Waals surface area contributed by atoms with E-state index in [1.807, 2.05) is 12.1 Å². The first-order valence-electron chi connectivity index (χ1n) is 5.69. The second-order valence-corrected chi connectivity index (χ2v) is 4.84. The predicted octanol–water partition coefficient (Wildman–Crippen LogP) is 2.97. The Labute approximate surface area is 117 Å². The molecule has 1 rings (SSSR count). The summed E-state index contributed by atoms with van der Waals surface area (Å²) < 4.78 is 11.5. The zero-order valence-corrected chi connectivity index (χ0v) is 12.5. The molecule has 0 spiro atoms. The Hall–Kier alpha value is -1.18. The average Bonchev–Trinajstić information content (AvgIpc) is 2.37.